The second-order valence-electron chi connectivity index (χ2n) is 6.69. The zero-order valence-corrected chi connectivity index (χ0v) is 13.2. The van der Waals surface area contributed by atoms with Crippen molar-refractivity contribution in [3.05, 3.63) is 23.8 Å². The minimum atomic E-state index is -0.495. The van der Waals surface area contributed by atoms with Gasteiger partial charge in [0.1, 0.15) is 6.04 Å². The van der Waals surface area contributed by atoms with Crippen molar-refractivity contribution in [2.24, 2.45) is 17.6 Å². The van der Waals surface area contributed by atoms with E-state index >= 15 is 0 Å². The van der Waals surface area contributed by atoms with Crippen LogP contribution in [-0.2, 0) is 4.79 Å². The van der Waals surface area contributed by atoms with Crippen LogP contribution in [0.3, 0.4) is 0 Å². The highest BCUT2D eigenvalue weighted by Crippen LogP contribution is 2.37. The number of amides is 1. The van der Waals surface area contributed by atoms with E-state index in [4.69, 9.17) is 5.73 Å². The number of nitrogens with two attached hydrogens (primary N) is 1. The summed E-state index contributed by atoms with van der Waals surface area (Å²) in [6.45, 7) is 6.84. The van der Waals surface area contributed by atoms with E-state index in [0.29, 0.717) is 0 Å². The van der Waals surface area contributed by atoms with E-state index in [1.54, 1.807) is 4.90 Å². The molecule has 2 aliphatic rings. The Hall–Kier alpha value is -1.55. The van der Waals surface area contributed by atoms with Crippen LogP contribution in [0.4, 0.5) is 11.4 Å². The Balaban J connectivity index is 1.79. The maximum absolute atomic E-state index is 12.0. The van der Waals surface area contributed by atoms with Crippen molar-refractivity contribution in [3.8, 4) is 0 Å². The molecule has 0 aliphatic carbocycles. The van der Waals surface area contributed by atoms with Crippen LogP contribution in [0, 0.1) is 11.8 Å². The monoisotopic (exact) mass is 287 g/mol. The van der Waals surface area contributed by atoms with Gasteiger partial charge in [-0.15, -0.1) is 0 Å². The van der Waals surface area contributed by atoms with Crippen LogP contribution in [0.2, 0.25) is 0 Å². The van der Waals surface area contributed by atoms with Crippen molar-refractivity contribution in [1.29, 1.82) is 0 Å². The Labute approximate surface area is 126 Å². The standard InChI is InChI=1S/C17H25N3O/c1-11(2)12-6-8-20(9-7-12)13-4-5-14-15(10-13)19(3)17(21)16(14)18/h4-5,10-12,16H,6-9,18H2,1-3H3. The molecule has 4 heteroatoms. The Morgan fingerprint density at radius 3 is 2.52 bits per heavy atom. The van der Waals surface area contributed by atoms with Crippen molar-refractivity contribution in [3.63, 3.8) is 0 Å². The molecule has 2 N–H and O–H groups in total. The first-order chi connectivity index (χ1) is 9.99. The van der Waals surface area contributed by atoms with Gasteiger partial charge in [-0.05, 0) is 36.8 Å². The predicted octanol–water partition coefficient (Wildman–Crippen LogP) is 2.54. The van der Waals surface area contributed by atoms with Gasteiger partial charge in [-0.2, -0.15) is 0 Å². The molecule has 0 spiro atoms. The maximum Gasteiger partial charge on any atom is 0.248 e. The fraction of sp³-hybridized carbons (Fsp3) is 0.588. The van der Waals surface area contributed by atoms with Gasteiger partial charge in [0.05, 0.1) is 5.69 Å². The average Bonchev–Trinajstić information content (AvgIpc) is 2.72. The first-order valence-electron chi connectivity index (χ1n) is 7.91. The zero-order valence-electron chi connectivity index (χ0n) is 13.2. The fourth-order valence-electron chi connectivity index (χ4n) is 3.57. The fourth-order valence-corrected chi connectivity index (χ4v) is 3.57. The summed E-state index contributed by atoms with van der Waals surface area (Å²) in [6, 6.07) is 5.76. The van der Waals surface area contributed by atoms with Gasteiger partial charge in [-0.1, -0.05) is 19.9 Å². The molecule has 0 bridgehead atoms. The third-order valence-electron chi connectivity index (χ3n) is 5.15. The van der Waals surface area contributed by atoms with Crippen LogP contribution in [-0.4, -0.2) is 26.0 Å². The first kappa shape index (κ1) is 14.4. The number of likely N-dealkylation sites (N-methyl/N-ethyl adjacent to an activating group) is 1. The van der Waals surface area contributed by atoms with E-state index in [0.717, 1.165) is 36.2 Å². The molecule has 0 saturated carbocycles. The number of piperidine rings is 1. The molecule has 1 atom stereocenters. The van der Waals surface area contributed by atoms with E-state index in [9.17, 15) is 4.79 Å². The minimum absolute atomic E-state index is 0.0133. The molecule has 1 fully saturated rings. The Kier molecular flexibility index (Phi) is 3.66. The van der Waals surface area contributed by atoms with Crippen molar-refractivity contribution < 1.29 is 4.79 Å². The second-order valence-corrected chi connectivity index (χ2v) is 6.69. The number of hydrogen-bond acceptors (Lipinski definition) is 3. The van der Waals surface area contributed by atoms with Crippen molar-refractivity contribution in [2.75, 3.05) is 29.9 Å². The normalized spacial score (nSPS) is 23.1. The van der Waals surface area contributed by atoms with Crippen molar-refractivity contribution in [1.82, 2.24) is 0 Å². The van der Waals surface area contributed by atoms with Gasteiger partial charge in [-0.25, -0.2) is 0 Å². The number of anilines is 2. The summed E-state index contributed by atoms with van der Waals surface area (Å²) in [5, 5.41) is 0. The summed E-state index contributed by atoms with van der Waals surface area (Å²) in [5.74, 6) is 1.60. The van der Waals surface area contributed by atoms with Crippen LogP contribution in [0.25, 0.3) is 0 Å². The molecule has 0 aromatic heterocycles. The quantitative estimate of drug-likeness (QED) is 0.909. The molecule has 1 unspecified atom stereocenters. The molecular formula is C17H25N3O. The lowest BCUT2D eigenvalue weighted by Crippen LogP contribution is -2.35. The molecule has 1 aromatic rings. The lowest BCUT2D eigenvalue weighted by molar-refractivity contribution is -0.118. The highest BCUT2D eigenvalue weighted by Gasteiger charge is 2.33. The van der Waals surface area contributed by atoms with E-state index < -0.39 is 6.04 Å². The summed E-state index contributed by atoms with van der Waals surface area (Å²) < 4.78 is 0. The SMILES string of the molecule is CC(C)C1CCN(c2ccc3c(c2)N(C)C(=O)C3N)CC1. The Bertz CT molecular complexity index is 547. The molecule has 0 radical (unpaired) electrons. The molecule has 21 heavy (non-hydrogen) atoms. The highest BCUT2D eigenvalue weighted by molar-refractivity contribution is 6.04. The Morgan fingerprint density at radius 2 is 1.90 bits per heavy atom. The van der Waals surface area contributed by atoms with Crippen LogP contribution >= 0.6 is 0 Å². The summed E-state index contributed by atoms with van der Waals surface area (Å²) >= 11 is 0. The lowest BCUT2D eigenvalue weighted by atomic mass is 9.86. The largest absolute Gasteiger partial charge is 0.371 e. The number of benzene rings is 1. The molecule has 2 heterocycles. The molecule has 4 nitrogen and oxygen atoms in total. The van der Waals surface area contributed by atoms with E-state index in [-0.39, 0.29) is 5.91 Å². The van der Waals surface area contributed by atoms with Crippen molar-refractivity contribution >= 4 is 17.3 Å². The smallest absolute Gasteiger partial charge is 0.248 e. The third kappa shape index (κ3) is 2.42. The van der Waals surface area contributed by atoms with Crippen LogP contribution in [0.1, 0.15) is 38.3 Å². The molecule has 1 amide bonds. The number of rotatable bonds is 2. The van der Waals surface area contributed by atoms with Crippen LogP contribution in [0.15, 0.2) is 18.2 Å². The number of carbonyl (C=O) groups excluding carboxylic acids is 1. The first-order valence-corrected chi connectivity index (χ1v) is 7.91. The summed E-state index contributed by atoms with van der Waals surface area (Å²) in [5.41, 5.74) is 9.08. The summed E-state index contributed by atoms with van der Waals surface area (Å²) in [7, 11) is 1.81. The number of hydrogen-bond donors (Lipinski definition) is 1. The summed E-state index contributed by atoms with van der Waals surface area (Å²) in [4.78, 5) is 16.1. The molecule has 3 rings (SSSR count). The van der Waals surface area contributed by atoms with Crippen molar-refractivity contribution in [2.45, 2.75) is 32.7 Å². The third-order valence-corrected chi connectivity index (χ3v) is 5.15. The molecule has 1 saturated heterocycles. The van der Waals surface area contributed by atoms with Gasteiger partial charge >= 0.3 is 0 Å². The van der Waals surface area contributed by atoms with Gasteiger partial charge in [0.25, 0.3) is 0 Å². The van der Waals surface area contributed by atoms with E-state index in [2.05, 4.69) is 30.9 Å². The van der Waals surface area contributed by atoms with E-state index in [1.165, 1.54) is 18.5 Å². The van der Waals surface area contributed by atoms with Gasteiger partial charge in [0.15, 0.2) is 0 Å². The molecule has 2 aliphatic heterocycles. The predicted molar refractivity (Wildman–Crippen MR) is 86.6 cm³/mol. The molecule has 1 aromatic carbocycles. The second kappa shape index (κ2) is 5.34. The summed E-state index contributed by atoms with van der Waals surface area (Å²) in [6.07, 6.45) is 2.51. The molecular weight excluding hydrogens is 262 g/mol. The highest BCUT2D eigenvalue weighted by atomic mass is 16.2. The van der Waals surface area contributed by atoms with Gasteiger partial charge in [0, 0.05) is 31.4 Å². The average molecular weight is 287 g/mol. The number of nitrogens with zero attached hydrogens (tertiary/aromatic N) is 2. The van der Waals surface area contributed by atoms with Gasteiger partial charge in [-0.3, -0.25) is 4.79 Å². The van der Waals surface area contributed by atoms with Crippen LogP contribution in [0.5, 0.6) is 0 Å². The molecule has 114 valence electrons. The van der Waals surface area contributed by atoms with Gasteiger partial charge in [0.2, 0.25) is 5.91 Å². The zero-order chi connectivity index (χ0) is 15.1. The minimum Gasteiger partial charge on any atom is -0.371 e. The van der Waals surface area contributed by atoms with E-state index in [1.807, 2.05) is 13.1 Å². The number of carbonyl (C=O) groups is 1. The maximum atomic E-state index is 12.0. The lowest BCUT2D eigenvalue weighted by Gasteiger charge is -2.35. The van der Waals surface area contributed by atoms with Crippen LogP contribution < -0.4 is 15.5 Å². The Morgan fingerprint density at radius 1 is 1.24 bits per heavy atom. The topological polar surface area (TPSA) is 49.6 Å². The van der Waals surface area contributed by atoms with Gasteiger partial charge < -0.3 is 15.5 Å². The number of fused-ring (bicyclic) bond motifs is 1.